The molecule has 174 valence electrons. The van der Waals surface area contributed by atoms with Crippen molar-refractivity contribution in [2.75, 3.05) is 0 Å². The third kappa shape index (κ3) is 4.62. The Kier molecular flexibility index (Phi) is 5.73. The summed E-state index contributed by atoms with van der Waals surface area (Å²) in [5, 5.41) is 17.5. The van der Waals surface area contributed by atoms with Crippen LogP contribution < -0.4 is 10.9 Å². The number of halogens is 3. The van der Waals surface area contributed by atoms with Crippen LogP contribution in [0.2, 0.25) is 0 Å². The summed E-state index contributed by atoms with van der Waals surface area (Å²) in [6.45, 7) is 4.07. The monoisotopic (exact) mass is 461 g/mol. The molecule has 11 heteroatoms. The summed E-state index contributed by atoms with van der Waals surface area (Å²) in [6, 6.07) is 2.15. The summed E-state index contributed by atoms with van der Waals surface area (Å²) in [7, 11) is 0. The number of carbonyl (C=O) groups is 1. The molecule has 0 aliphatic heterocycles. The minimum atomic E-state index is -4.53. The zero-order chi connectivity index (χ0) is 23.9. The molecule has 0 atom stereocenters. The van der Waals surface area contributed by atoms with Crippen LogP contribution in [0.5, 0.6) is 5.88 Å². The van der Waals surface area contributed by atoms with Gasteiger partial charge in [0.15, 0.2) is 5.56 Å². The van der Waals surface area contributed by atoms with E-state index in [1.54, 1.807) is 6.08 Å². The van der Waals surface area contributed by atoms with Gasteiger partial charge in [-0.1, -0.05) is 26.0 Å². The number of fused-ring (bicyclic) bond motifs is 1. The molecule has 2 N–H and O–H groups in total. The molecule has 8 nitrogen and oxygen atoms in total. The number of hydrogen-bond acceptors (Lipinski definition) is 5. The summed E-state index contributed by atoms with van der Waals surface area (Å²) >= 11 is 0. The van der Waals surface area contributed by atoms with Crippen LogP contribution in [-0.2, 0) is 12.7 Å². The largest absolute Gasteiger partial charge is 0.492 e. The molecule has 1 aliphatic rings. The number of amides is 1. The van der Waals surface area contributed by atoms with E-state index >= 15 is 0 Å². The first-order chi connectivity index (χ1) is 15.6. The molecule has 0 radical (unpaired) electrons. The van der Waals surface area contributed by atoms with Crippen LogP contribution in [0.4, 0.5) is 13.2 Å². The van der Waals surface area contributed by atoms with Gasteiger partial charge in [0.1, 0.15) is 11.3 Å². The van der Waals surface area contributed by atoms with E-state index in [0.717, 1.165) is 29.6 Å². The highest BCUT2D eigenvalue weighted by atomic mass is 19.4. The predicted octanol–water partition coefficient (Wildman–Crippen LogP) is 3.33. The van der Waals surface area contributed by atoms with Crippen LogP contribution in [-0.4, -0.2) is 36.2 Å². The van der Waals surface area contributed by atoms with Gasteiger partial charge < -0.3 is 10.4 Å². The lowest BCUT2D eigenvalue weighted by Crippen LogP contribution is -2.36. The third-order valence-corrected chi connectivity index (χ3v) is 5.13. The molecule has 0 unspecified atom stereocenters. The Bertz CT molecular complexity index is 1290. The Balaban J connectivity index is 1.77. The maximum Gasteiger partial charge on any atom is 0.433 e. The molecule has 1 saturated carbocycles. The fourth-order valence-corrected chi connectivity index (χ4v) is 3.41. The van der Waals surface area contributed by atoms with Crippen LogP contribution in [0, 0.1) is 5.92 Å². The maximum absolute atomic E-state index is 13.2. The second-order valence-corrected chi connectivity index (χ2v) is 8.40. The van der Waals surface area contributed by atoms with Crippen LogP contribution in [0.1, 0.15) is 53.9 Å². The molecule has 0 saturated heterocycles. The highest BCUT2D eigenvalue weighted by Gasteiger charge is 2.32. The predicted molar refractivity (Wildman–Crippen MR) is 115 cm³/mol. The van der Waals surface area contributed by atoms with Gasteiger partial charge in [0.25, 0.3) is 11.5 Å². The Morgan fingerprint density at radius 1 is 1.27 bits per heavy atom. The Labute approximate surface area is 186 Å². The van der Waals surface area contributed by atoms with Gasteiger partial charge in [0.05, 0.1) is 6.20 Å². The minimum Gasteiger partial charge on any atom is -0.492 e. The fourth-order valence-electron chi connectivity index (χ4n) is 3.41. The first-order valence-electron chi connectivity index (χ1n) is 10.4. The maximum atomic E-state index is 13.2. The van der Waals surface area contributed by atoms with Gasteiger partial charge in [-0.15, -0.1) is 0 Å². The van der Waals surface area contributed by atoms with E-state index < -0.39 is 29.2 Å². The van der Waals surface area contributed by atoms with Crippen molar-refractivity contribution in [3.63, 3.8) is 0 Å². The molecule has 0 bridgehead atoms. The smallest absolute Gasteiger partial charge is 0.433 e. The quantitative estimate of drug-likeness (QED) is 0.587. The lowest BCUT2D eigenvalue weighted by molar-refractivity contribution is -0.141. The Morgan fingerprint density at radius 3 is 2.58 bits per heavy atom. The van der Waals surface area contributed by atoms with E-state index in [1.165, 1.54) is 22.9 Å². The molecular formula is C22H22F3N5O3. The lowest BCUT2D eigenvalue weighted by atomic mass is 10.2. The second kappa shape index (κ2) is 8.38. The number of carbonyl (C=O) groups excluding carboxylic acids is 1. The minimum absolute atomic E-state index is 0.000921. The molecule has 0 aromatic carbocycles. The summed E-state index contributed by atoms with van der Waals surface area (Å²) in [5.41, 5.74) is -0.894. The molecule has 1 fully saturated rings. The highest BCUT2D eigenvalue weighted by molar-refractivity contribution is 5.96. The molecule has 3 heterocycles. The molecule has 3 aromatic heterocycles. The van der Waals surface area contributed by atoms with Crippen LogP contribution in [0.15, 0.2) is 29.3 Å². The lowest BCUT2D eigenvalue weighted by Gasteiger charge is -2.15. The number of pyridine rings is 1. The van der Waals surface area contributed by atoms with E-state index in [2.05, 4.69) is 15.4 Å². The number of aromatic nitrogens is 4. The number of nitrogens with one attached hydrogen (secondary N) is 1. The second-order valence-electron chi connectivity index (χ2n) is 8.40. The van der Waals surface area contributed by atoms with E-state index in [-0.39, 0.29) is 29.7 Å². The van der Waals surface area contributed by atoms with Crippen molar-refractivity contribution in [2.45, 2.75) is 45.5 Å². The highest BCUT2D eigenvalue weighted by Crippen LogP contribution is 2.28. The number of aromatic hydroxyl groups is 1. The molecule has 3 aromatic rings. The van der Waals surface area contributed by atoms with Crippen molar-refractivity contribution in [3.8, 4) is 5.88 Å². The summed E-state index contributed by atoms with van der Waals surface area (Å²) in [6.07, 6.45) is 2.70. The first kappa shape index (κ1) is 22.6. The normalized spacial score (nSPS) is 14.5. The number of alkyl halides is 3. The van der Waals surface area contributed by atoms with E-state index in [0.29, 0.717) is 11.1 Å². The van der Waals surface area contributed by atoms with Crippen molar-refractivity contribution < 1.29 is 23.1 Å². The zero-order valence-corrected chi connectivity index (χ0v) is 17.9. The van der Waals surface area contributed by atoms with Crippen molar-refractivity contribution in [3.05, 3.63) is 57.3 Å². The van der Waals surface area contributed by atoms with E-state index in [1.807, 2.05) is 13.8 Å². The first-order valence-corrected chi connectivity index (χ1v) is 10.4. The van der Waals surface area contributed by atoms with Crippen LogP contribution in [0.3, 0.4) is 0 Å². The third-order valence-electron chi connectivity index (χ3n) is 5.13. The van der Waals surface area contributed by atoms with Gasteiger partial charge in [-0.2, -0.15) is 22.8 Å². The van der Waals surface area contributed by atoms with Crippen LogP contribution >= 0.6 is 0 Å². The average molecular weight is 461 g/mol. The molecule has 33 heavy (non-hydrogen) atoms. The van der Waals surface area contributed by atoms with Gasteiger partial charge >= 0.3 is 6.18 Å². The zero-order valence-electron chi connectivity index (χ0n) is 17.9. The summed E-state index contributed by atoms with van der Waals surface area (Å²) < 4.78 is 40.6. The van der Waals surface area contributed by atoms with Crippen LogP contribution in [0.25, 0.3) is 17.8 Å². The topological polar surface area (TPSA) is 102 Å². The fraction of sp³-hybridized carbons (Fsp3) is 0.364. The standard InChI is InChI=1S/C22H22F3N5O3/c1-12(2)11-29-19-14(5-3-13-4-8-16(26-9-13)22(23,24)25)10-27-30(19)21(33)17(20(29)32)18(31)28-15-6-7-15/h3-5,8-10,12,15,33H,6-7,11H2,1-2H3,(H,28,31)/b5-3+. The average Bonchev–Trinajstić information content (AvgIpc) is 3.44. The van der Waals surface area contributed by atoms with E-state index in [4.69, 9.17) is 0 Å². The molecule has 4 rings (SSSR count). The molecule has 0 spiro atoms. The Hall–Kier alpha value is -3.63. The summed E-state index contributed by atoms with van der Waals surface area (Å²) in [5.74, 6) is -1.17. The number of rotatable bonds is 6. The van der Waals surface area contributed by atoms with Crippen molar-refractivity contribution >= 4 is 23.7 Å². The van der Waals surface area contributed by atoms with Crippen molar-refractivity contribution in [1.82, 2.24) is 24.5 Å². The van der Waals surface area contributed by atoms with Gasteiger partial charge in [-0.25, -0.2) is 0 Å². The van der Waals surface area contributed by atoms with E-state index in [9.17, 15) is 27.9 Å². The SMILES string of the molecule is CC(C)Cn1c(=O)c(C(=O)NC2CC2)c(O)n2ncc(/C=C/c3ccc(C(F)(F)F)nc3)c12. The summed E-state index contributed by atoms with van der Waals surface area (Å²) in [4.78, 5) is 29.2. The Morgan fingerprint density at radius 2 is 2.00 bits per heavy atom. The van der Waals surface area contributed by atoms with Gasteiger partial charge in [0.2, 0.25) is 5.88 Å². The van der Waals surface area contributed by atoms with Gasteiger partial charge in [-0.3, -0.25) is 19.1 Å². The van der Waals surface area contributed by atoms with Crippen molar-refractivity contribution in [1.29, 1.82) is 0 Å². The van der Waals surface area contributed by atoms with Gasteiger partial charge in [-0.05, 0) is 36.5 Å². The molecular weight excluding hydrogens is 439 g/mol. The molecule has 1 amide bonds. The van der Waals surface area contributed by atoms with Gasteiger partial charge in [0, 0.05) is 24.3 Å². The van der Waals surface area contributed by atoms with Crippen molar-refractivity contribution in [2.24, 2.45) is 5.92 Å². The number of hydrogen-bond donors (Lipinski definition) is 2. The number of nitrogens with zero attached hydrogens (tertiary/aromatic N) is 4. The molecule has 1 aliphatic carbocycles.